The highest BCUT2D eigenvalue weighted by Crippen LogP contribution is 2.10. The lowest BCUT2D eigenvalue weighted by Crippen LogP contribution is -2.28. The molecular weight excluding hydrogens is 176 g/mol. The van der Waals surface area contributed by atoms with E-state index in [-0.39, 0.29) is 11.9 Å². The molecule has 1 aromatic rings. The van der Waals surface area contributed by atoms with Crippen LogP contribution >= 0.6 is 0 Å². The molecule has 0 unspecified atom stereocenters. The van der Waals surface area contributed by atoms with Gasteiger partial charge < -0.3 is 11.1 Å². The predicted molar refractivity (Wildman–Crippen MR) is 56.7 cm³/mol. The van der Waals surface area contributed by atoms with E-state index in [1.807, 2.05) is 37.3 Å². The van der Waals surface area contributed by atoms with Crippen LogP contribution in [0.15, 0.2) is 30.3 Å². The number of hydrogen-bond donors (Lipinski definition) is 2. The smallest absolute Gasteiger partial charge is 0.221 e. The largest absolute Gasteiger partial charge is 0.350 e. The fraction of sp³-hybridized carbons (Fsp3) is 0.364. The van der Waals surface area contributed by atoms with Gasteiger partial charge in [-0.3, -0.25) is 4.79 Å². The Labute approximate surface area is 84.3 Å². The van der Waals surface area contributed by atoms with Gasteiger partial charge in [0.15, 0.2) is 0 Å². The van der Waals surface area contributed by atoms with Crippen molar-refractivity contribution in [3.05, 3.63) is 35.9 Å². The molecule has 1 amide bonds. The Morgan fingerprint density at radius 3 is 2.64 bits per heavy atom. The number of hydrogen-bond acceptors (Lipinski definition) is 2. The maximum absolute atomic E-state index is 11.2. The highest BCUT2D eigenvalue weighted by atomic mass is 16.1. The maximum atomic E-state index is 11.2. The van der Waals surface area contributed by atoms with Crippen molar-refractivity contribution in [2.45, 2.75) is 19.4 Å². The summed E-state index contributed by atoms with van der Waals surface area (Å²) < 4.78 is 0. The maximum Gasteiger partial charge on any atom is 0.221 e. The Hall–Kier alpha value is -1.35. The number of amides is 1. The normalized spacial score (nSPS) is 12.1. The van der Waals surface area contributed by atoms with Crippen molar-refractivity contribution in [1.82, 2.24) is 5.32 Å². The van der Waals surface area contributed by atoms with Crippen LogP contribution in [0.3, 0.4) is 0 Å². The minimum Gasteiger partial charge on any atom is -0.350 e. The first-order valence-corrected chi connectivity index (χ1v) is 4.78. The van der Waals surface area contributed by atoms with Crippen molar-refractivity contribution in [3.63, 3.8) is 0 Å². The Morgan fingerprint density at radius 2 is 2.07 bits per heavy atom. The van der Waals surface area contributed by atoms with E-state index in [1.54, 1.807) is 0 Å². The van der Waals surface area contributed by atoms with E-state index >= 15 is 0 Å². The van der Waals surface area contributed by atoms with Crippen molar-refractivity contribution in [2.24, 2.45) is 5.73 Å². The topological polar surface area (TPSA) is 55.1 Å². The van der Waals surface area contributed by atoms with Crippen LogP contribution in [0.4, 0.5) is 0 Å². The van der Waals surface area contributed by atoms with Gasteiger partial charge in [0.2, 0.25) is 5.91 Å². The summed E-state index contributed by atoms with van der Waals surface area (Å²) in [5, 5.41) is 2.88. The zero-order chi connectivity index (χ0) is 10.4. The van der Waals surface area contributed by atoms with E-state index in [0.717, 1.165) is 5.56 Å². The lowest BCUT2D eigenvalue weighted by atomic mass is 10.1. The molecule has 3 heteroatoms. The van der Waals surface area contributed by atoms with Crippen molar-refractivity contribution >= 4 is 5.91 Å². The van der Waals surface area contributed by atoms with Gasteiger partial charge in [-0.2, -0.15) is 0 Å². The van der Waals surface area contributed by atoms with Crippen molar-refractivity contribution in [1.29, 1.82) is 0 Å². The lowest BCUT2D eigenvalue weighted by Gasteiger charge is -2.13. The minimum absolute atomic E-state index is 0.00357. The first kappa shape index (κ1) is 10.7. The SMILES string of the molecule is C[C@@H](NC(=O)CCN)c1ccccc1. The zero-order valence-corrected chi connectivity index (χ0v) is 8.36. The summed E-state index contributed by atoms with van der Waals surface area (Å²) in [5.41, 5.74) is 6.39. The Kier molecular flexibility index (Phi) is 4.13. The fourth-order valence-corrected chi connectivity index (χ4v) is 1.27. The van der Waals surface area contributed by atoms with Gasteiger partial charge >= 0.3 is 0 Å². The third-order valence-electron chi connectivity index (χ3n) is 2.05. The van der Waals surface area contributed by atoms with E-state index in [9.17, 15) is 4.79 Å². The molecule has 0 bridgehead atoms. The number of carbonyl (C=O) groups excluding carboxylic acids is 1. The van der Waals surface area contributed by atoms with Crippen LogP contribution in [0.25, 0.3) is 0 Å². The molecule has 0 heterocycles. The summed E-state index contributed by atoms with van der Waals surface area (Å²) in [6.07, 6.45) is 0.386. The van der Waals surface area contributed by atoms with Crippen molar-refractivity contribution in [3.8, 4) is 0 Å². The number of nitrogens with one attached hydrogen (secondary N) is 1. The highest BCUT2D eigenvalue weighted by molar-refractivity contribution is 5.76. The van der Waals surface area contributed by atoms with Gasteiger partial charge in [-0.1, -0.05) is 30.3 Å². The molecule has 0 fully saturated rings. The summed E-state index contributed by atoms with van der Waals surface area (Å²) in [6.45, 7) is 2.36. The molecule has 0 radical (unpaired) electrons. The zero-order valence-electron chi connectivity index (χ0n) is 8.36. The first-order chi connectivity index (χ1) is 6.74. The highest BCUT2D eigenvalue weighted by Gasteiger charge is 2.07. The fourth-order valence-electron chi connectivity index (χ4n) is 1.27. The molecule has 1 rings (SSSR count). The van der Waals surface area contributed by atoms with Crippen LogP contribution in [-0.4, -0.2) is 12.5 Å². The molecule has 1 aromatic carbocycles. The predicted octanol–water partition coefficient (Wildman–Crippen LogP) is 1.21. The third-order valence-corrected chi connectivity index (χ3v) is 2.05. The monoisotopic (exact) mass is 192 g/mol. The van der Waals surface area contributed by atoms with E-state index < -0.39 is 0 Å². The van der Waals surface area contributed by atoms with Gasteiger partial charge in [0.05, 0.1) is 6.04 Å². The summed E-state index contributed by atoms with van der Waals surface area (Å²) in [6, 6.07) is 9.91. The van der Waals surface area contributed by atoms with Crippen LogP contribution in [0, 0.1) is 0 Å². The first-order valence-electron chi connectivity index (χ1n) is 4.78. The van der Waals surface area contributed by atoms with Crippen LogP contribution in [0.2, 0.25) is 0 Å². The Morgan fingerprint density at radius 1 is 1.43 bits per heavy atom. The van der Waals surface area contributed by atoms with Gasteiger partial charge in [0.1, 0.15) is 0 Å². The molecule has 3 N–H and O–H groups in total. The average molecular weight is 192 g/mol. The number of benzene rings is 1. The molecular formula is C11H16N2O. The second kappa shape index (κ2) is 5.40. The molecule has 0 aliphatic carbocycles. The van der Waals surface area contributed by atoms with Crippen molar-refractivity contribution < 1.29 is 4.79 Å². The number of rotatable bonds is 4. The molecule has 0 aliphatic rings. The summed E-state index contributed by atoms with van der Waals surface area (Å²) in [5.74, 6) is 0.00357. The van der Waals surface area contributed by atoms with Gasteiger partial charge in [-0.05, 0) is 12.5 Å². The second-order valence-electron chi connectivity index (χ2n) is 3.24. The van der Waals surface area contributed by atoms with Gasteiger partial charge in [-0.25, -0.2) is 0 Å². The third kappa shape index (κ3) is 3.18. The molecule has 14 heavy (non-hydrogen) atoms. The second-order valence-corrected chi connectivity index (χ2v) is 3.24. The van der Waals surface area contributed by atoms with Gasteiger partial charge in [0, 0.05) is 13.0 Å². The Bertz CT molecular complexity index is 285. The molecule has 0 spiro atoms. The van der Waals surface area contributed by atoms with E-state index in [4.69, 9.17) is 5.73 Å². The van der Waals surface area contributed by atoms with Crippen LogP contribution < -0.4 is 11.1 Å². The summed E-state index contributed by atoms with van der Waals surface area (Å²) >= 11 is 0. The number of carbonyl (C=O) groups is 1. The molecule has 0 saturated heterocycles. The van der Waals surface area contributed by atoms with Crippen molar-refractivity contribution in [2.75, 3.05) is 6.54 Å². The molecule has 0 aromatic heterocycles. The van der Waals surface area contributed by atoms with Gasteiger partial charge in [-0.15, -0.1) is 0 Å². The molecule has 3 nitrogen and oxygen atoms in total. The van der Waals surface area contributed by atoms with Crippen LogP contribution in [0.1, 0.15) is 24.9 Å². The number of nitrogens with two attached hydrogens (primary N) is 1. The van der Waals surface area contributed by atoms with Crippen LogP contribution in [0.5, 0.6) is 0 Å². The molecule has 0 aliphatic heterocycles. The van der Waals surface area contributed by atoms with E-state index in [2.05, 4.69) is 5.32 Å². The average Bonchev–Trinajstić information content (AvgIpc) is 2.19. The van der Waals surface area contributed by atoms with E-state index in [0.29, 0.717) is 13.0 Å². The lowest BCUT2D eigenvalue weighted by molar-refractivity contribution is -0.121. The summed E-state index contributed by atoms with van der Waals surface area (Å²) in [7, 11) is 0. The standard InChI is InChI=1S/C11H16N2O/c1-9(13-11(14)7-8-12)10-5-3-2-4-6-10/h2-6,9H,7-8,12H2,1H3,(H,13,14)/t9-/m1/s1. The van der Waals surface area contributed by atoms with Crippen LogP contribution in [-0.2, 0) is 4.79 Å². The molecule has 76 valence electrons. The quantitative estimate of drug-likeness (QED) is 0.753. The summed E-state index contributed by atoms with van der Waals surface area (Å²) in [4.78, 5) is 11.2. The molecule has 1 atom stereocenters. The molecule has 0 saturated carbocycles. The Balaban J connectivity index is 2.50. The minimum atomic E-state index is 0.00357. The van der Waals surface area contributed by atoms with E-state index in [1.165, 1.54) is 0 Å². The van der Waals surface area contributed by atoms with Gasteiger partial charge in [0.25, 0.3) is 0 Å².